The van der Waals surface area contributed by atoms with Crippen molar-refractivity contribution >= 4 is 12.4 Å². The Bertz CT molecular complexity index is 347. The number of methoxy groups -OCH3 is 1. The molecule has 0 bridgehead atoms. The zero-order valence-corrected chi connectivity index (χ0v) is 10.9. The predicted molar refractivity (Wildman–Crippen MR) is 69.8 cm³/mol. The zero-order chi connectivity index (χ0) is 12.1. The molecule has 1 aromatic carbocycles. The molecule has 0 aromatic heterocycles. The molecule has 0 saturated heterocycles. The maximum atomic E-state index is 9.75. The molecule has 1 rings (SSSR count). The van der Waals surface area contributed by atoms with Gasteiger partial charge in [-0.05, 0) is 18.6 Å². The lowest BCUT2D eigenvalue weighted by atomic mass is 9.98. The largest absolute Gasteiger partial charge is 0.507 e. The number of aromatic hydroxyl groups is 1. The fourth-order valence-corrected chi connectivity index (χ4v) is 1.61. The number of ether oxygens (including phenoxy) is 1. The van der Waals surface area contributed by atoms with Crippen molar-refractivity contribution in [1.82, 2.24) is 0 Å². The number of phenols is 1. The number of rotatable bonds is 5. The molecular weight excluding hydrogens is 242 g/mol. The van der Waals surface area contributed by atoms with Crippen molar-refractivity contribution in [2.45, 2.75) is 31.9 Å². The van der Waals surface area contributed by atoms with Crippen molar-refractivity contribution in [3.8, 4) is 11.5 Å². The summed E-state index contributed by atoms with van der Waals surface area (Å²) in [5, 5.41) is 19.5. The SMILES string of the molecule is CCC[C@H](O)[C@H](N)c1ccc(OC)cc1O.Cl. The van der Waals surface area contributed by atoms with Crippen LogP contribution < -0.4 is 10.5 Å². The van der Waals surface area contributed by atoms with Gasteiger partial charge in [-0.1, -0.05) is 13.3 Å². The molecular formula is C12H20ClNO3. The van der Waals surface area contributed by atoms with Gasteiger partial charge in [0.1, 0.15) is 11.5 Å². The quantitative estimate of drug-likeness (QED) is 0.758. The van der Waals surface area contributed by atoms with Gasteiger partial charge in [0.05, 0.1) is 19.3 Å². The van der Waals surface area contributed by atoms with Gasteiger partial charge < -0.3 is 20.7 Å². The third-order valence-electron chi connectivity index (χ3n) is 2.60. The zero-order valence-electron chi connectivity index (χ0n) is 10.1. The van der Waals surface area contributed by atoms with Crippen LogP contribution in [-0.2, 0) is 0 Å². The fourth-order valence-electron chi connectivity index (χ4n) is 1.61. The van der Waals surface area contributed by atoms with Crippen LogP contribution in [0.15, 0.2) is 18.2 Å². The van der Waals surface area contributed by atoms with Crippen molar-refractivity contribution in [2.24, 2.45) is 5.73 Å². The summed E-state index contributed by atoms with van der Waals surface area (Å²) in [6.45, 7) is 1.98. The van der Waals surface area contributed by atoms with Crippen LogP contribution in [-0.4, -0.2) is 23.4 Å². The third kappa shape index (κ3) is 4.07. The van der Waals surface area contributed by atoms with Gasteiger partial charge in [0, 0.05) is 11.6 Å². The van der Waals surface area contributed by atoms with Crippen LogP contribution in [0.1, 0.15) is 31.4 Å². The second-order valence-electron chi connectivity index (χ2n) is 3.81. The standard InChI is InChI=1S/C12H19NO3.ClH/c1-3-4-10(14)12(13)9-6-5-8(16-2)7-11(9)15;/h5-7,10,12,14-15H,3-4,13H2,1-2H3;1H/t10-,12+;/m0./s1. The van der Waals surface area contributed by atoms with E-state index in [1.807, 2.05) is 6.92 Å². The lowest BCUT2D eigenvalue weighted by molar-refractivity contribution is 0.133. The molecule has 0 aliphatic heterocycles. The maximum Gasteiger partial charge on any atom is 0.124 e. The number of benzene rings is 1. The van der Waals surface area contributed by atoms with Gasteiger partial charge in [-0.2, -0.15) is 0 Å². The number of aliphatic hydroxyl groups excluding tert-OH is 1. The van der Waals surface area contributed by atoms with E-state index in [1.54, 1.807) is 12.1 Å². The average molecular weight is 262 g/mol. The minimum absolute atomic E-state index is 0. The maximum absolute atomic E-state index is 9.75. The topological polar surface area (TPSA) is 75.7 Å². The van der Waals surface area contributed by atoms with Crippen LogP contribution in [0.5, 0.6) is 11.5 Å². The number of nitrogens with two attached hydrogens (primary N) is 1. The molecule has 0 radical (unpaired) electrons. The van der Waals surface area contributed by atoms with Crippen molar-refractivity contribution in [2.75, 3.05) is 7.11 Å². The Morgan fingerprint density at radius 3 is 2.53 bits per heavy atom. The predicted octanol–water partition coefficient (Wildman–Crippen LogP) is 1.98. The van der Waals surface area contributed by atoms with Crippen molar-refractivity contribution in [3.05, 3.63) is 23.8 Å². The second kappa shape index (κ2) is 7.37. The first kappa shape index (κ1) is 16.0. The first-order chi connectivity index (χ1) is 7.60. The van der Waals surface area contributed by atoms with E-state index in [4.69, 9.17) is 10.5 Å². The summed E-state index contributed by atoms with van der Waals surface area (Å²) < 4.78 is 4.97. The molecule has 0 spiro atoms. The Balaban J connectivity index is 0.00000256. The lowest BCUT2D eigenvalue weighted by Gasteiger charge is -2.19. The van der Waals surface area contributed by atoms with Crippen molar-refractivity contribution in [3.63, 3.8) is 0 Å². The van der Waals surface area contributed by atoms with Crippen molar-refractivity contribution in [1.29, 1.82) is 0 Å². The molecule has 1 aromatic rings. The van der Waals surface area contributed by atoms with E-state index in [-0.39, 0.29) is 18.2 Å². The van der Waals surface area contributed by atoms with E-state index in [9.17, 15) is 10.2 Å². The van der Waals surface area contributed by atoms with E-state index in [2.05, 4.69) is 0 Å². The van der Waals surface area contributed by atoms with Crippen LogP contribution >= 0.6 is 12.4 Å². The van der Waals surface area contributed by atoms with E-state index in [1.165, 1.54) is 13.2 Å². The molecule has 98 valence electrons. The van der Waals surface area contributed by atoms with Crippen LogP contribution in [0.25, 0.3) is 0 Å². The number of halogens is 1. The molecule has 0 aliphatic rings. The molecule has 0 fully saturated rings. The van der Waals surface area contributed by atoms with Gasteiger partial charge in [-0.15, -0.1) is 12.4 Å². The Labute approximate surface area is 108 Å². The Kier molecular flexibility index (Phi) is 6.95. The minimum Gasteiger partial charge on any atom is -0.507 e. The first-order valence-electron chi connectivity index (χ1n) is 5.40. The summed E-state index contributed by atoms with van der Waals surface area (Å²) in [6.07, 6.45) is 0.836. The molecule has 4 nitrogen and oxygen atoms in total. The fraction of sp³-hybridized carbons (Fsp3) is 0.500. The first-order valence-corrected chi connectivity index (χ1v) is 5.40. The van der Waals surface area contributed by atoms with Crippen LogP contribution in [0.4, 0.5) is 0 Å². The number of hydrogen-bond acceptors (Lipinski definition) is 4. The monoisotopic (exact) mass is 261 g/mol. The highest BCUT2D eigenvalue weighted by molar-refractivity contribution is 5.85. The summed E-state index contributed by atoms with van der Waals surface area (Å²) in [7, 11) is 1.53. The molecule has 0 heterocycles. The Hall–Kier alpha value is -0.970. The number of phenolic OH excluding ortho intramolecular Hbond substituents is 1. The molecule has 0 amide bonds. The van der Waals surface area contributed by atoms with E-state index in [0.29, 0.717) is 17.7 Å². The van der Waals surface area contributed by atoms with Crippen LogP contribution in [0.2, 0.25) is 0 Å². The third-order valence-corrected chi connectivity index (χ3v) is 2.60. The molecule has 5 heteroatoms. The van der Waals surface area contributed by atoms with Gasteiger partial charge in [0.2, 0.25) is 0 Å². The summed E-state index contributed by atoms with van der Waals surface area (Å²) >= 11 is 0. The number of hydrogen-bond donors (Lipinski definition) is 3. The number of aliphatic hydroxyl groups is 1. The molecule has 0 saturated carbocycles. The van der Waals surface area contributed by atoms with E-state index in [0.717, 1.165) is 6.42 Å². The molecule has 0 unspecified atom stereocenters. The summed E-state index contributed by atoms with van der Waals surface area (Å²) in [6, 6.07) is 4.32. The average Bonchev–Trinajstić information content (AvgIpc) is 2.28. The Morgan fingerprint density at radius 2 is 2.06 bits per heavy atom. The molecule has 4 N–H and O–H groups in total. The van der Waals surface area contributed by atoms with E-state index < -0.39 is 12.1 Å². The van der Waals surface area contributed by atoms with Gasteiger partial charge in [-0.25, -0.2) is 0 Å². The molecule has 17 heavy (non-hydrogen) atoms. The minimum atomic E-state index is -0.635. The normalized spacial score (nSPS) is 13.6. The summed E-state index contributed by atoms with van der Waals surface area (Å²) in [5.41, 5.74) is 6.41. The second-order valence-corrected chi connectivity index (χ2v) is 3.81. The van der Waals surface area contributed by atoms with Crippen LogP contribution in [0.3, 0.4) is 0 Å². The molecule has 2 atom stereocenters. The van der Waals surface area contributed by atoms with Gasteiger partial charge in [-0.3, -0.25) is 0 Å². The highest BCUT2D eigenvalue weighted by Crippen LogP contribution is 2.29. The molecule has 0 aliphatic carbocycles. The Morgan fingerprint density at radius 1 is 1.41 bits per heavy atom. The van der Waals surface area contributed by atoms with Gasteiger partial charge in [0.25, 0.3) is 0 Å². The summed E-state index contributed by atoms with van der Waals surface area (Å²) in [4.78, 5) is 0. The summed E-state index contributed by atoms with van der Waals surface area (Å²) in [5.74, 6) is 0.625. The highest BCUT2D eigenvalue weighted by Gasteiger charge is 2.19. The van der Waals surface area contributed by atoms with E-state index >= 15 is 0 Å². The smallest absolute Gasteiger partial charge is 0.124 e. The van der Waals surface area contributed by atoms with Crippen molar-refractivity contribution < 1.29 is 14.9 Å². The van der Waals surface area contributed by atoms with Crippen LogP contribution in [0, 0.1) is 0 Å². The highest BCUT2D eigenvalue weighted by atomic mass is 35.5. The van der Waals surface area contributed by atoms with Gasteiger partial charge >= 0.3 is 0 Å². The van der Waals surface area contributed by atoms with Gasteiger partial charge in [0.15, 0.2) is 0 Å². The lowest BCUT2D eigenvalue weighted by Crippen LogP contribution is -2.26.